The molecule has 0 aromatic carbocycles. The second-order valence-corrected chi connectivity index (χ2v) is 3.31. The summed E-state index contributed by atoms with van der Waals surface area (Å²) in [6.07, 6.45) is 3.53. The predicted molar refractivity (Wildman–Crippen MR) is 53.5 cm³/mol. The summed E-state index contributed by atoms with van der Waals surface area (Å²) in [5.74, 6) is 0.0643. The van der Waals surface area contributed by atoms with Crippen molar-refractivity contribution >= 4 is 5.91 Å². The van der Waals surface area contributed by atoms with Crippen LogP contribution in [0.1, 0.15) is 19.8 Å². The van der Waals surface area contributed by atoms with Crippen molar-refractivity contribution in [2.24, 2.45) is 0 Å². The van der Waals surface area contributed by atoms with Crippen molar-refractivity contribution in [1.29, 1.82) is 0 Å². The molecule has 1 N–H and O–H groups in total. The molecule has 74 valence electrons. The van der Waals surface area contributed by atoms with Crippen LogP contribution in [-0.2, 0) is 4.79 Å². The lowest BCUT2D eigenvalue weighted by Gasteiger charge is -2.33. The number of amides is 1. The molecule has 1 heterocycles. The van der Waals surface area contributed by atoms with Gasteiger partial charge in [0.1, 0.15) is 0 Å². The first-order valence-electron chi connectivity index (χ1n) is 4.93. The normalized spacial score (nSPS) is 18.2. The van der Waals surface area contributed by atoms with E-state index in [9.17, 15) is 4.79 Å². The third-order valence-corrected chi connectivity index (χ3v) is 2.55. The van der Waals surface area contributed by atoms with Crippen LogP contribution >= 0.6 is 0 Å². The highest BCUT2D eigenvalue weighted by molar-refractivity contribution is 5.87. The third kappa shape index (κ3) is 2.56. The zero-order chi connectivity index (χ0) is 9.68. The van der Waals surface area contributed by atoms with Gasteiger partial charge in [-0.15, -0.1) is 0 Å². The van der Waals surface area contributed by atoms with Gasteiger partial charge < -0.3 is 10.2 Å². The SMILES string of the molecule is C=CC(=O)N(CC)C1CCNCC1. The molecule has 1 amide bonds. The van der Waals surface area contributed by atoms with Crippen molar-refractivity contribution in [1.82, 2.24) is 10.2 Å². The van der Waals surface area contributed by atoms with E-state index in [2.05, 4.69) is 11.9 Å². The number of piperidine rings is 1. The molecule has 0 aromatic rings. The Hall–Kier alpha value is -0.830. The molecule has 0 spiro atoms. The Balaban J connectivity index is 2.53. The Bertz CT molecular complexity index is 185. The molecule has 3 nitrogen and oxygen atoms in total. The number of nitrogens with one attached hydrogen (secondary N) is 1. The van der Waals surface area contributed by atoms with Gasteiger partial charge in [0.05, 0.1) is 0 Å². The van der Waals surface area contributed by atoms with Crippen LogP contribution in [0.15, 0.2) is 12.7 Å². The van der Waals surface area contributed by atoms with E-state index < -0.39 is 0 Å². The maximum Gasteiger partial charge on any atom is 0.246 e. The summed E-state index contributed by atoms with van der Waals surface area (Å²) in [5, 5.41) is 3.29. The molecule has 0 unspecified atom stereocenters. The topological polar surface area (TPSA) is 32.3 Å². The number of carbonyl (C=O) groups excluding carboxylic acids is 1. The van der Waals surface area contributed by atoms with Gasteiger partial charge in [0.25, 0.3) is 0 Å². The third-order valence-electron chi connectivity index (χ3n) is 2.55. The van der Waals surface area contributed by atoms with E-state index in [1.807, 2.05) is 11.8 Å². The maximum absolute atomic E-state index is 11.4. The number of nitrogens with zero attached hydrogens (tertiary/aromatic N) is 1. The van der Waals surface area contributed by atoms with Crippen LogP contribution in [0.4, 0.5) is 0 Å². The fraction of sp³-hybridized carbons (Fsp3) is 0.700. The lowest BCUT2D eigenvalue weighted by atomic mass is 10.0. The molecular formula is C10H18N2O. The van der Waals surface area contributed by atoms with Crippen LogP contribution in [-0.4, -0.2) is 36.5 Å². The van der Waals surface area contributed by atoms with Gasteiger partial charge in [-0.3, -0.25) is 4.79 Å². The highest BCUT2D eigenvalue weighted by atomic mass is 16.2. The summed E-state index contributed by atoms with van der Waals surface area (Å²) in [6, 6.07) is 0.414. The van der Waals surface area contributed by atoms with E-state index in [1.165, 1.54) is 6.08 Å². The monoisotopic (exact) mass is 182 g/mol. The van der Waals surface area contributed by atoms with Gasteiger partial charge in [0.2, 0.25) is 5.91 Å². The number of rotatable bonds is 3. The molecule has 0 saturated carbocycles. The van der Waals surface area contributed by atoms with Crippen molar-refractivity contribution in [3.8, 4) is 0 Å². The molecule has 0 bridgehead atoms. The lowest BCUT2D eigenvalue weighted by molar-refractivity contribution is -0.128. The molecule has 0 aliphatic carbocycles. The van der Waals surface area contributed by atoms with E-state index in [-0.39, 0.29) is 5.91 Å². The molecule has 1 rings (SSSR count). The van der Waals surface area contributed by atoms with E-state index in [0.717, 1.165) is 32.5 Å². The first-order chi connectivity index (χ1) is 6.29. The Morgan fingerprint density at radius 3 is 2.69 bits per heavy atom. The molecule has 13 heavy (non-hydrogen) atoms. The molecular weight excluding hydrogens is 164 g/mol. The molecule has 1 aliphatic heterocycles. The quantitative estimate of drug-likeness (QED) is 0.654. The van der Waals surface area contributed by atoms with Gasteiger partial charge >= 0.3 is 0 Å². The molecule has 0 atom stereocenters. The summed E-state index contributed by atoms with van der Waals surface area (Å²) in [7, 11) is 0. The predicted octanol–water partition coefficient (Wildman–Crippen LogP) is 0.773. The fourth-order valence-corrected chi connectivity index (χ4v) is 1.83. The van der Waals surface area contributed by atoms with Gasteiger partial charge in [0, 0.05) is 12.6 Å². The number of carbonyl (C=O) groups is 1. The standard InChI is InChI=1S/C10H18N2O/c1-3-10(13)12(4-2)9-5-7-11-8-6-9/h3,9,11H,1,4-8H2,2H3. The molecule has 1 aliphatic rings. The Labute approximate surface area is 79.8 Å². The van der Waals surface area contributed by atoms with Gasteiger partial charge in [-0.25, -0.2) is 0 Å². The van der Waals surface area contributed by atoms with Crippen molar-refractivity contribution in [2.45, 2.75) is 25.8 Å². The fourth-order valence-electron chi connectivity index (χ4n) is 1.83. The number of hydrogen-bond acceptors (Lipinski definition) is 2. The Morgan fingerprint density at radius 1 is 1.62 bits per heavy atom. The van der Waals surface area contributed by atoms with Crippen molar-refractivity contribution in [3.05, 3.63) is 12.7 Å². The van der Waals surface area contributed by atoms with Crippen LogP contribution in [0.5, 0.6) is 0 Å². The first-order valence-corrected chi connectivity index (χ1v) is 4.93. The lowest BCUT2D eigenvalue weighted by Crippen LogP contribution is -2.45. The van der Waals surface area contributed by atoms with Crippen LogP contribution in [0, 0.1) is 0 Å². The second-order valence-electron chi connectivity index (χ2n) is 3.31. The Kier molecular flexibility index (Phi) is 3.96. The van der Waals surface area contributed by atoms with Gasteiger partial charge in [-0.2, -0.15) is 0 Å². The average Bonchev–Trinajstić information content (AvgIpc) is 2.20. The van der Waals surface area contributed by atoms with E-state index in [4.69, 9.17) is 0 Å². The highest BCUT2D eigenvalue weighted by Crippen LogP contribution is 2.11. The molecule has 0 radical (unpaired) electrons. The summed E-state index contributed by atoms with van der Waals surface area (Å²) in [5.41, 5.74) is 0. The zero-order valence-electron chi connectivity index (χ0n) is 8.25. The minimum atomic E-state index is 0.0643. The summed E-state index contributed by atoms with van der Waals surface area (Å²) >= 11 is 0. The van der Waals surface area contributed by atoms with Crippen LogP contribution < -0.4 is 5.32 Å². The van der Waals surface area contributed by atoms with Crippen LogP contribution in [0.25, 0.3) is 0 Å². The van der Waals surface area contributed by atoms with Gasteiger partial charge in [0.15, 0.2) is 0 Å². The second kappa shape index (κ2) is 5.02. The minimum Gasteiger partial charge on any atom is -0.336 e. The summed E-state index contributed by atoms with van der Waals surface area (Å²) in [4.78, 5) is 13.3. The largest absolute Gasteiger partial charge is 0.336 e. The molecule has 0 aromatic heterocycles. The minimum absolute atomic E-state index is 0.0643. The van der Waals surface area contributed by atoms with Gasteiger partial charge in [-0.1, -0.05) is 6.58 Å². The van der Waals surface area contributed by atoms with E-state index in [0.29, 0.717) is 6.04 Å². The summed E-state index contributed by atoms with van der Waals surface area (Å²) in [6.45, 7) is 8.36. The first kappa shape index (κ1) is 10.3. The van der Waals surface area contributed by atoms with Crippen LogP contribution in [0.3, 0.4) is 0 Å². The Morgan fingerprint density at radius 2 is 2.23 bits per heavy atom. The van der Waals surface area contributed by atoms with Crippen molar-refractivity contribution in [3.63, 3.8) is 0 Å². The van der Waals surface area contributed by atoms with Crippen molar-refractivity contribution in [2.75, 3.05) is 19.6 Å². The molecule has 3 heteroatoms. The number of hydrogen-bond donors (Lipinski definition) is 1. The average molecular weight is 182 g/mol. The zero-order valence-corrected chi connectivity index (χ0v) is 8.25. The summed E-state index contributed by atoms with van der Waals surface area (Å²) < 4.78 is 0. The van der Waals surface area contributed by atoms with Crippen molar-refractivity contribution < 1.29 is 4.79 Å². The maximum atomic E-state index is 11.4. The highest BCUT2D eigenvalue weighted by Gasteiger charge is 2.21. The van der Waals surface area contributed by atoms with Crippen LogP contribution in [0.2, 0.25) is 0 Å². The molecule has 1 fully saturated rings. The van der Waals surface area contributed by atoms with Gasteiger partial charge in [-0.05, 0) is 38.9 Å². The molecule has 1 saturated heterocycles. The smallest absolute Gasteiger partial charge is 0.246 e. The van der Waals surface area contributed by atoms with E-state index >= 15 is 0 Å². The van der Waals surface area contributed by atoms with E-state index in [1.54, 1.807) is 0 Å². The number of likely N-dealkylation sites (N-methyl/N-ethyl adjacent to an activating group) is 1.